The first-order valence-corrected chi connectivity index (χ1v) is 27.7. The van der Waals surface area contributed by atoms with Crippen molar-refractivity contribution in [2.45, 2.75) is 105 Å². The SMILES string of the molecule is Cc1ccccc1-c1cccc2c1-n1c3ccc(C(C)(C)C)cc3c3cc(ccc31)C(C)(C)C(C)(C)c1ccc3c(c1)c1cc(C(C)(C)C)ccc1n3-c1c(cccc1-c1ccccc1C)-c1nc(-c3ccccc3)nc-2n1. The Morgan fingerprint density at radius 2 is 0.679 bits per heavy atom. The lowest BCUT2D eigenvalue weighted by atomic mass is 9.61. The van der Waals surface area contributed by atoms with E-state index in [9.17, 15) is 0 Å². The fourth-order valence-corrected chi connectivity index (χ4v) is 12.4. The van der Waals surface area contributed by atoms with Gasteiger partial charge < -0.3 is 9.13 Å². The maximum atomic E-state index is 5.80. The van der Waals surface area contributed by atoms with Crippen molar-refractivity contribution in [1.29, 1.82) is 0 Å². The molecule has 10 bridgehead atoms. The van der Waals surface area contributed by atoms with Crippen molar-refractivity contribution in [2.75, 3.05) is 0 Å². The molecular weight excluding hydrogens is 947 g/mol. The van der Waals surface area contributed by atoms with E-state index in [1.807, 2.05) is 0 Å². The highest BCUT2D eigenvalue weighted by atomic mass is 15.1. The third kappa shape index (κ3) is 7.60. The summed E-state index contributed by atoms with van der Waals surface area (Å²) in [5, 5.41) is 4.87. The summed E-state index contributed by atoms with van der Waals surface area (Å²) in [5.74, 6) is 1.79. The number of para-hydroxylation sites is 2. The largest absolute Gasteiger partial charge is 0.308 e. The minimum Gasteiger partial charge on any atom is -0.308 e. The first-order valence-electron chi connectivity index (χ1n) is 27.7. The molecule has 3 aliphatic heterocycles. The molecule has 0 atom stereocenters. The van der Waals surface area contributed by atoms with Crippen LogP contribution in [0.25, 0.3) is 111 Å². The smallest absolute Gasteiger partial charge is 0.166 e. The average molecular weight is 1010 g/mol. The number of hydrogen-bond acceptors (Lipinski definition) is 3. The van der Waals surface area contributed by atoms with Crippen LogP contribution in [0.4, 0.5) is 0 Å². The molecule has 0 aliphatic carbocycles. The highest BCUT2D eigenvalue weighted by Gasteiger charge is 2.41. The Labute approximate surface area is 459 Å². The molecule has 5 heteroatoms. The molecule has 5 nitrogen and oxygen atoms in total. The average Bonchev–Trinajstić information content (AvgIpc) is 4.07. The first-order chi connectivity index (χ1) is 37.3. The van der Waals surface area contributed by atoms with Crippen LogP contribution in [-0.2, 0) is 21.7 Å². The van der Waals surface area contributed by atoms with Gasteiger partial charge in [-0.2, -0.15) is 0 Å². The summed E-state index contributed by atoms with van der Waals surface area (Å²) in [6.07, 6.45) is 0. The van der Waals surface area contributed by atoms with Crippen LogP contribution in [0.5, 0.6) is 0 Å². The molecule has 0 fully saturated rings. The Balaban J connectivity index is 1.26. The summed E-state index contributed by atoms with van der Waals surface area (Å²) in [6.45, 7) is 28.1. The van der Waals surface area contributed by atoms with Gasteiger partial charge in [-0.05, 0) is 141 Å². The highest BCUT2D eigenvalue weighted by molar-refractivity contribution is 6.13. The zero-order valence-electron chi connectivity index (χ0n) is 47.1. The molecule has 384 valence electrons. The maximum absolute atomic E-state index is 5.80. The van der Waals surface area contributed by atoms with E-state index < -0.39 is 0 Å². The number of aryl methyl sites for hydroxylation is 2. The van der Waals surface area contributed by atoms with Gasteiger partial charge in [-0.15, -0.1) is 0 Å². The Kier molecular flexibility index (Phi) is 11.1. The summed E-state index contributed by atoms with van der Waals surface area (Å²) in [6, 6.07) is 70.1. The molecule has 0 saturated heterocycles. The highest BCUT2D eigenvalue weighted by Crippen LogP contribution is 2.50. The van der Waals surface area contributed by atoms with E-state index in [0.717, 1.165) is 72.4 Å². The summed E-state index contributed by atoms with van der Waals surface area (Å²) in [7, 11) is 0. The summed E-state index contributed by atoms with van der Waals surface area (Å²) >= 11 is 0. The maximum Gasteiger partial charge on any atom is 0.166 e. The topological polar surface area (TPSA) is 48.5 Å². The van der Waals surface area contributed by atoms with Crippen molar-refractivity contribution in [2.24, 2.45) is 0 Å². The second-order valence-electron chi connectivity index (χ2n) is 25.1. The molecule has 12 aromatic rings. The van der Waals surface area contributed by atoms with Crippen molar-refractivity contribution in [1.82, 2.24) is 24.1 Å². The predicted octanol–water partition coefficient (Wildman–Crippen LogP) is 19.2. The van der Waals surface area contributed by atoms with Gasteiger partial charge in [-0.3, -0.25) is 0 Å². The summed E-state index contributed by atoms with van der Waals surface area (Å²) in [4.78, 5) is 17.0. The summed E-state index contributed by atoms with van der Waals surface area (Å²) < 4.78 is 5.02. The van der Waals surface area contributed by atoms with Crippen molar-refractivity contribution in [3.63, 3.8) is 0 Å². The zero-order chi connectivity index (χ0) is 54.2. The van der Waals surface area contributed by atoms with Crippen LogP contribution in [0.1, 0.15) is 103 Å². The molecule has 0 radical (unpaired) electrons. The second kappa shape index (κ2) is 17.6. The number of fused-ring (bicyclic) bond motifs is 3. The number of hydrogen-bond donors (Lipinski definition) is 0. The molecular formula is C73H67N5. The van der Waals surface area contributed by atoms with Crippen LogP contribution < -0.4 is 0 Å². The van der Waals surface area contributed by atoms with Crippen LogP contribution >= 0.6 is 0 Å². The van der Waals surface area contributed by atoms with Gasteiger partial charge in [0.1, 0.15) is 0 Å². The number of benzene rings is 9. The van der Waals surface area contributed by atoms with Gasteiger partial charge in [0.2, 0.25) is 0 Å². The normalized spacial score (nSPS) is 14.1. The van der Waals surface area contributed by atoms with Gasteiger partial charge in [-0.25, -0.2) is 15.0 Å². The first kappa shape index (κ1) is 49.2. The standard InChI is InChI=1S/C73H67N5/c1-44-22-16-18-26-51(44)53-28-20-30-55-65(53)77-61-36-32-47(70(3,4)5)40-57(61)59-42-49(34-38-63(59)77)72(9,10)73(11,12)50-35-39-64-60(43-50)58-41-48(71(6,7)8)33-37-62(58)78(64)66-54(52-27-19-17-23-45(52)2)29-21-31-56(66)69-75-67(74-68(55)76-69)46-24-14-13-15-25-46/h13-43H,1-12H3. The molecule has 0 N–H and O–H groups in total. The fourth-order valence-electron chi connectivity index (χ4n) is 12.4. The van der Waals surface area contributed by atoms with E-state index in [2.05, 4.69) is 280 Å². The molecule has 6 heterocycles. The quantitative estimate of drug-likeness (QED) is 0.177. The molecule has 15 rings (SSSR count). The van der Waals surface area contributed by atoms with Crippen LogP contribution in [0, 0.1) is 13.8 Å². The number of nitrogens with zero attached hydrogens (tertiary/aromatic N) is 5. The monoisotopic (exact) mass is 1010 g/mol. The number of aromatic nitrogens is 5. The van der Waals surface area contributed by atoms with Gasteiger partial charge >= 0.3 is 0 Å². The number of rotatable bonds is 3. The Bertz CT molecular complexity index is 4150. The minimum atomic E-state index is -0.329. The van der Waals surface area contributed by atoms with E-state index in [-0.39, 0.29) is 21.7 Å². The van der Waals surface area contributed by atoms with Gasteiger partial charge in [0, 0.05) is 49.4 Å². The van der Waals surface area contributed by atoms with Crippen molar-refractivity contribution in [3.8, 4) is 67.8 Å². The van der Waals surface area contributed by atoms with Gasteiger partial charge in [0.15, 0.2) is 17.5 Å². The van der Waals surface area contributed by atoms with Crippen LogP contribution in [0.15, 0.2) is 188 Å². The Hall–Kier alpha value is -8.41. The van der Waals surface area contributed by atoms with Crippen molar-refractivity contribution in [3.05, 3.63) is 221 Å². The van der Waals surface area contributed by atoms with E-state index in [4.69, 9.17) is 15.0 Å². The Morgan fingerprint density at radius 1 is 0.333 bits per heavy atom. The predicted molar refractivity (Wildman–Crippen MR) is 329 cm³/mol. The lowest BCUT2D eigenvalue weighted by Crippen LogP contribution is -2.40. The molecule has 78 heavy (non-hydrogen) atoms. The summed E-state index contributed by atoms with van der Waals surface area (Å²) in [5.41, 5.74) is 20.5. The van der Waals surface area contributed by atoms with Gasteiger partial charge in [-0.1, -0.05) is 197 Å². The molecule has 0 spiro atoms. The lowest BCUT2D eigenvalue weighted by Gasteiger charge is -2.43. The molecule has 0 saturated carbocycles. The molecule has 0 unspecified atom stereocenters. The lowest BCUT2D eigenvalue weighted by molar-refractivity contribution is 0.303. The van der Waals surface area contributed by atoms with Crippen molar-refractivity contribution >= 4 is 43.6 Å². The van der Waals surface area contributed by atoms with E-state index in [1.54, 1.807) is 0 Å². The molecule has 9 aromatic carbocycles. The van der Waals surface area contributed by atoms with Gasteiger partial charge in [0.05, 0.1) is 33.4 Å². The van der Waals surface area contributed by atoms with Crippen LogP contribution in [-0.4, -0.2) is 24.1 Å². The van der Waals surface area contributed by atoms with E-state index in [1.165, 1.54) is 54.9 Å². The van der Waals surface area contributed by atoms with Crippen LogP contribution in [0.3, 0.4) is 0 Å². The van der Waals surface area contributed by atoms with E-state index in [0.29, 0.717) is 17.5 Å². The van der Waals surface area contributed by atoms with Crippen LogP contribution in [0.2, 0.25) is 0 Å². The second-order valence-corrected chi connectivity index (χ2v) is 25.1. The Morgan fingerprint density at radius 3 is 1.09 bits per heavy atom. The third-order valence-corrected chi connectivity index (χ3v) is 17.8. The molecule has 3 aromatic heterocycles. The molecule has 3 aliphatic rings. The van der Waals surface area contributed by atoms with Crippen molar-refractivity contribution < 1.29 is 0 Å². The minimum absolute atomic E-state index is 0.0728. The fraction of sp³-hybridized carbons (Fsp3) is 0.219. The third-order valence-electron chi connectivity index (χ3n) is 17.8. The molecule has 0 amide bonds. The zero-order valence-corrected chi connectivity index (χ0v) is 47.1. The van der Waals surface area contributed by atoms with Gasteiger partial charge in [0.25, 0.3) is 0 Å². The van der Waals surface area contributed by atoms with E-state index >= 15 is 0 Å².